The minimum Gasteiger partial charge on any atom is -0.349 e. The number of carbonyl (C=O) groups is 3. The fraction of sp³-hybridized carbons (Fsp3) is 0.250. The lowest BCUT2D eigenvalue weighted by atomic mass is 10.1. The molecule has 21 heavy (non-hydrogen) atoms. The Morgan fingerprint density at radius 1 is 1.19 bits per heavy atom. The number of halogens is 3. The van der Waals surface area contributed by atoms with Crippen LogP contribution in [0, 0.1) is 0 Å². The van der Waals surface area contributed by atoms with Crippen LogP contribution in [0.3, 0.4) is 0 Å². The van der Waals surface area contributed by atoms with Gasteiger partial charge in [-0.1, -0.05) is 0 Å². The maximum Gasteiger partial charge on any atom is 0.416 e. The summed E-state index contributed by atoms with van der Waals surface area (Å²) in [5.74, 6) is -1.22. The number of hydrogen-bond acceptors (Lipinski definition) is 3. The van der Waals surface area contributed by atoms with E-state index < -0.39 is 35.6 Å². The first-order valence-electron chi connectivity index (χ1n) is 5.84. The summed E-state index contributed by atoms with van der Waals surface area (Å²) in [7, 11) is 0. The first-order valence-corrected chi connectivity index (χ1v) is 5.84. The summed E-state index contributed by atoms with van der Waals surface area (Å²) in [6.07, 6.45) is -4.47. The maximum absolute atomic E-state index is 12.4. The van der Waals surface area contributed by atoms with Gasteiger partial charge in [0, 0.05) is 12.1 Å². The zero-order valence-electron chi connectivity index (χ0n) is 10.5. The highest BCUT2D eigenvalue weighted by atomic mass is 19.4. The molecular formula is C12H10F3N3O3. The van der Waals surface area contributed by atoms with E-state index >= 15 is 0 Å². The standard InChI is InChI=1S/C12H10F3N3O3/c13-12(14,15)7-3-1-6(2-4-7)9(19)16-5-8-10(20)18-11(21)17-8/h1-4,8H,5H2,(H,16,19)(H2,17,18,20,21). The van der Waals surface area contributed by atoms with Gasteiger partial charge in [-0.05, 0) is 24.3 Å². The van der Waals surface area contributed by atoms with E-state index in [0.717, 1.165) is 24.3 Å². The van der Waals surface area contributed by atoms with Gasteiger partial charge in [0.25, 0.3) is 11.8 Å². The van der Waals surface area contributed by atoms with Crippen molar-refractivity contribution in [3.05, 3.63) is 35.4 Å². The van der Waals surface area contributed by atoms with Gasteiger partial charge in [-0.2, -0.15) is 13.2 Å². The van der Waals surface area contributed by atoms with E-state index in [1.807, 2.05) is 5.32 Å². The van der Waals surface area contributed by atoms with Crippen LogP contribution in [-0.2, 0) is 11.0 Å². The monoisotopic (exact) mass is 301 g/mol. The Hall–Kier alpha value is -2.58. The van der Waals surface area contributed by atoms with Crippen LogP contribution in [0.1, 0.15) is 15.9 Å². The summed E-state index contributed by atoms with van der Waals surface area (Å²) in [6.45, 7) is -0.155. The summed E-state index contributed by atoms with van der Waals surface area (Å²) in [4.78, 5) is 33.8. The van der Waals surface area contributed by atoms with Crippen LogP contribution in [0.25, 0.3) is 0 Å². The molecule has 6 nitrogen and oxygen atoms in total. The first kappa shape index (κ1) is 14.8. The molecule has 0 bridgehead atoms. The molecule has 1 heterocycles. The maximum atomic E-state index is 12.4. The molecule has 2 rings (SSSR count). The predicted molar refractivity (Wildman–Crippen MR) is 64.2 cm³/mol. The molecule has 1 aromatic rings. The molecule has 4 amide bonds. The molecule has 1 atom stereocenters. The topological polar surface area (TPSA) is 87.3 Å². The summed E-state index contributed by atoms with van der Waals surface area (Å²) >= 11 is 0. The van der Waals surface area contributed by atoms with Crippen LogP contribution in [0.2, 0.25) is 0 Å². The van der Waals surface area contributed by atoms with Gasteiger partial charge >= 0.3 is 12.2 Å². The number of benzene rings is 1. The van der Waals surface area contributed by atoms with Gasteiger partial charge in [0.05, 0.1) is 5.56 Å². The van der Waals surface area contributed by atoms with Crippen molar-refractivity contribution < 1.29 is 27.6 Å². The number of amides is 4. The smallest absolute Gasteiger partial charge is 0.349 e. The van der Waals surface area contributed by atoms with E-state index in [1.165, 1.54) is 0 Å². The highest BCUT2D eigenvalue weighted by Crippen LogP contribution is 2.28. The average molecular weight is 301 g/mol. The largest absolute Gasteiger partial charge is 0.416 e. The van der Waals surface area contributed by atoms with Gasteiger partial charge in [-0.15, -0.1) is 0 Å². The molecule has 3 N–H and O–H groups in total. The predicted octanol–water partition coefficient (Wildman–Crippen LogP) is 0.643. The Kier molecular flexibility index (Phi) is 3.83. The SMILES string of the molecule is O=C1NC(=O)C(CNC(=O)c2ccc(C(F)(F)F)cc2)N1. The molecule has 1 aliphatic rings. The second-order valence-electron chi connectivity index (χ2n) is 4.30. The van der Waals surface area contributed by atoms with Crippen molar-refractivity contribution in [2.45, 2.75) is 12.2 Å². The molecule has 1 unspecified atom stereocenters. The lowest BCUT2D eigenvalue weighted by Crippen LogP contribution is -2.41. The lowest BCUT2D eigenvalue weighted by Gasteiger charge is -2.10. The molecule has 1 fully saturated rings. The third kappa shape index (κ3) is 3.50. The summed E-state index contributed by atoms with van der Waals surface area (Å²) in [5.41, 5.74) is -0.839. The van der Waals surface area contributed by atoms with E-state index in [0.29, 0.717) is 0 Å². The lowest BCUT2D eigenvalue weighted by molar-refractivity contribution is -0.137. The fourth-order valence-corrected chi connectivity index (χ4v) is 1.71. The second-order valence-corrected chi connectivity index (χ2v) is 4.30. The van der Waals surface area contributed by atoms with Crippen molar-refractivity contribution in [3.8, 4) is 0 Å². The molecule has 0 spiro atoms. The van der Waals surface area contributed by atoms with Crippen molar-refractivity contribution in [2.24, 2.45) is 0 Å². The van der Waals surface area contributed by atoms with Gasteiger partial charge in [0.15, 0.2) is 0 Å². The van der Waals surface area contributed by atoms with E-state index in [2.05, 4.69) is 10.6 Å². The van der Waals surface area contributed by atoms with Gasteiger partial charge < -0.3 is 10.6 Å². The molecule has 112 valence electrons. The van der Waals surface area contributed by atoms with Crippen molar-refractivity contribution in [1.82, 2.24) is 16.0 Å². The number of alkyl halides is 3. The molecule has 0 radical (unpaired) electrons. The van der Waals surface area contributed by atoms with Crippen molar-refractivity contribution in [1.29, 1.82) is 0 Å². The third-order valence-electron chi connectivity index (χ3n) is 2.80. The van der Waals surface area contributed by atoms with Gasteiger partial charge in [0.2, 0.25) is 0 Å². The molecule has 0 saturated carbocycles. The van der Waals surface area contributed by atoms with E-state index in [-0.39, 0.29) is 12.1 Å². The molecule has 1 aliphatic heterocycles. The molecule has 1 aromatic carbocycles. The molecule has 9 heteroatoms. The zero-order valence-corrected chi connectivity index (χ0v) is 10.5. The number of nitrogens with one attached hydrogen (secondary N) is 3. The Labute approximate surface area is 116 Å². The van der Waals surface area contributed by atoms with Crippen LogP contribution in [0.5, 0.6) is 0 Å². The Bertz CT molecular complexity index is 584. The third-order valence-corrected chi connectivity index (χ3v) is 2.80. The van der Waals surface area contributed by atoms with Crippen LogP contribution in [0.4, 0.5) is 18.0 Å². The normalized spacial score (nSPS) is 18.1. The number of urea groups is 1. The Balaban J connectivity index is 1.95. The van der Waals surface area contributed by atoms with Gasteiger partial charge in [0.1, 0.15) is 6.04 Å². The number of carbonyl (C=O) groups excluding carboxylic acids is 3. The summed E-state index contributed by atoms with van der Waals surface area (Å²) in [6, 6.07) is 2.10. The number of rotatable bonds is 3. The summed E-state index contributed by atoms with van der Waals surface area (Å²) < 4.78 is 37.1. The van der Waals surface area contributed by atoms with Crippen LogP contribution >= 0.6 is 0 Å². The highest BCUT2D eigenvalue weighted by molar-refractivity contribution is 6.04. The summed E-state index contributed by atoms with van der Waals surface area (Å²) in [5, 5.41) is 6.62. The Morgan fingerprint density at radius 2 is 1.81 bits per heavy atom. The minimum atomic E-state index is -4.47. The average Bonchev–Trinajstić information content (AvgIpc) is 2.73. The van der Waals surface area contributed by atoms with Crippen LogP contribution in [-0.4, -0.2) is 30.4 Å². The van der Waals surface area contributed by atoms with Crippen LogP contribution < -0.4 is 16.0 Å². The molecule has 0 aliphatic carbocycles. The minimum absolute atomic E-state index is 0.0210. The Morgan fingerprint density at radius 3 is 2.29 bits per heavy atom. The quantitative estimate of drug-likeness (QED) is 0.716. The van der Waals surface area contributed by atoms with Gasteiger partial charge in [-0.3, -0.25) is 14.9 Å². The zero-order chi connectivity index (χ0) is 15.6. The van der Waals surface area contributed by atoms with Crippen molar-refractivity contribution >= 4 is 17.8 Å². The fourth-order valence-electron chi connectivity index (χ4n) is 1.71. The molecular weight excluding hydrogens is 291 g/mol. The first-order chi connectivity index (χ1) is 9.77. The van der Waals surface area contributed by atoms with E-state index in [1.54, 1.807) is 0 Å². The van der Waals surface area contributed by atoms with E-state index in [4.69, 9.17) is 0 Å². The van der Waals surface area contributed by atoms with E-state index in [9.17, 15) is 27.6 Å². The molecule has 0 aromatic heterocycles. The highest BCUT2D eigenvalue weighted by Gasteiger charge is 2.31. The second kappa shape index (κ2) is 5.43. The number of hydrogen-bond donors (Lipinski definition) is 3. The molecule has 1 saturated heterocycles. The van der Waals surface area contributed by atoms with Gasteiger partial charge in [-0.25, -0.2) is 4.79 Å². The van der Waals surface area contributed by atoms with Crippen molar-refractivity contribution in [2.75, 3.05) is 6.54 Å². The van der Waals surface area contributed by atoms with Crippen molar-refractivity contribution in [3.63, 3.8) is 0 Å². The number of imide groups is 1. The van der Waals surface area contributed by atoms with Crippen LogP contribution in [0.15, 0.2) is 24.3 Å².